The van der Waals surface area contributed by atoms with Crippen molar-refractivity contribution >= 4 is 18.3 Å². The van der Waals surface area contributed by atoms with Crippen molar-refractivity contribution in [2.75, 3.05) is 12.3 Å². The van der Waals surface area contributed by atoms with Crippen molar-refractivity contribution in [1.82, 2.24) is 4.98 Å². The lowest BCUT2D eigenvalue weighted by molar-refractivity contribution is 0.324. The number of nitrogen functional groups attached to an aromatic ring is 1. The first-order valence-corrected chi connectivity index (χ1v) is 3.77. The molecule has 0 spiro atoms. The van der Waals surface area contributed by atoms with E-state index in [9.17, 15) is 0 Å². The van der Waals surface area contributed by atoms with Crippen molar-refractivity contribution in [3.63, 3.8) is 0 Å². The minimum Gasteiger partial charge on any atom is -0.478 e. The van der Waals surface area contributed by atoms with Gasteiger partial charge in [-0.1, -0.05) is 0 Å². The Labute approximate surface area is 71.0 Å². The maximum Gasteiger partial charge on any atom is 0.214 e. The number of hydrogen-bond acceptors (Lipinski definition) is 4. The van der Waals surface area contributed by atoms with Crippen LogP contribution in [0, 0.1) is 0 Å². The zero-order valence-corrected chi connectivity index (χ0v) is 7.14. The molecule has 0 saturated carbocycles. The van der Waals surface area contributed by atoms with Crippen LogP contribution in [0.4, 0.5) is 5.69 Å². The van der Waals surface area contributed by atoms with Gasteiger partial charge >= 0.3 is 0 Å². The molecule has 60 valence electrons. The summed E-state index contributed by atoms with van der Waals surface area (Å²) in [5.41, 5.74) is 6.06. The Balaban J connectivity index is 2.86. The fraction of sp³-hybridized carbons (Fsp3) is 0.286. The van der Waals surface area contributed by atoms with Gasteiger partial charge in [-0.05, 0) is 13.0 Å². The summed E-state index contributed by atoms with van der Waals surface area (Å²) in [5, 5.41) is 0.510. The summed E-state index contributed by atoms with van der Waals surface area (Å²) in [6.45, 7) is 2.50. The van der Waals surface area contributed by atoms with Gasteiger partial charge in [0.25, 0.3) is 0 Å². The Bertz CT molecular complexity index is 252. The molecule has 0 bridgehead atoms. The van der Waals surface area contributed by atoms with Crippen molar-refractivity contribution in [3.8, 4) is 5.88 Å². The van der Waals surface area contributed by atoms with Gasteiger partial charge in [-0.3, -0.25) is 0 Å². The fourth-order valence-corrected chi connectivity index (χ4v) is 0.843. The third-order valence-corrected chi connectivity index (χ3v) is 1.53. The maximum absolute atomic E-state index is 5.49. The van der Waals surface area contributed by atoms with Gasteiger partial charge in [-0.2, -0.15) is 0 Å². The van der Waals surface area contributed by atoms with Gasteiger partial charge in [-0.25, -0.2) is 4.98 Å². The Morgan fingerprint density at radius 2 is 2.36 bits per heavy atom. The first kappa shape index (κ1) is 8.20. The number of pyridine rings is 1. The summed E-state index contributed by atoms with van der Waals surface area (Å²) >= 11 is 4.04. The molecule has 0 aliphatic rings. The van der Waals surface area contributed by atoms with E-state index in [1.54, 1.807) is 12.1 Å². The predicted molar refractivity (Wildman–Crippen MR) is 47.1 cm³/mol. The van der Waals surface area contributed by atoms with Crippen LogP contribution in [0.5, 0.6) is 5.88 Å². The predicted octanol–water partition coefficient (Wildman–Crippen LogP) is 1.35. The Kier molecular flexibility index (Phi) is 2.59. The molecule has 0 saturated heterocycles. The van der Waals surface area contributed by atoms with E-state index in [4.69, 9.17) is 10.5 Å². The first-order valence-electron chi connectivity index (χ1n) is 3.32. The number of ether oxygens (including phenoxy) is 1. The summed E-state index contributed by atoms with van der Waals surface area (Å²) in [4.78, 5) is 3.98. The molecule has 0 aliphatic heterocycles. The van der Waals surface area contributed by atoms with E-state index in [0.29, 0.717) is 23.2 Å². The summed E-state index contributed by atoms with van der Waals surface area (Å²) in [6, 6.07) is 3.44. The molecule has 0 unspecified atom stereocenters. The SMILES string of the molecule is CCOc1ccc(N)c(S)n1. The van der Waals surface area contributed by atoms with Gasteiger partial charge in [0, 0.05) is 6.07 Å². The highest BCUT2D eigenvalue weighted by atomic mass is 32.1. The lowest BCUT2D eigenvalue weighted by Crippen LogP contribution is -1.96. The minimum absolute atomic E-state index is 0.510. The van der Waals surface area contributed by atoms with Crippen LogP contribution in [0.1, 0.15) is 6.92 Å². The smallest absolute Gasteiger partial charge is 0.214 e. The van der Waals surface area contributed by atoms with Crippen molar-refractivity contribution in [2.24, 2.45) is 0 Å². The van der Waals surface area contributed by atoms with Crippen molar-refractivity contribution in [2.45, 2.75) is 11.9 Å². The van der Waals surface area contributed by atoms with Gasteiger partial charge in [0.2, 0.25) is 5.88 Å². The summed E-state index contributed by atoms with van der Waals surface area (Å²) in [5.74, 6) is 0.562. The van der Waals surface area contributed by atoms with Crippen LogP contribution in [0.15, 0.2) is 17.2 Å². The standard InChI is InChI=1S/C7H10N2OS/c1-2-10-6-4-3-5(8)7(11)9-6/h3-4H,2,8H2,1H3,(H,9,11). The second-order valence-corrected chi connectivity index (χ2v) is 2.42. The number of rotatable bonds is 2. The molecule has 1 rings (SSSR count). The first-order chi connectivity index (χ1) is 5.24. The molecule has 0 aromatic carbocycles. The van der Waals surface area contributed by atoms with E-state index >= 15 is 0 Å². The molecule has 0 fully saturated rings. The molecule has 4 heteroatoms. The third-order valence-electron chi connectivity index (χ3n) is 1.17. The van der Waals surface area contributed by atoms with E-state index in [1.165, 1.54) is 0 Å². The zero-order chi connectivity index (χ0) is 8.27. The fourth-order valence-electron chi connectivity index (χ4n) is 0.670. The van der Waals surface area contributed by atoms with E-state index in [2.05, 4.69) is 17.6 Å². The molecule has 1 aromatic heterocycles. The van der Waals surface area contributed by atoms with Gasteiger partial charge in [0.05, 0.1) is 12.3 Å². The van der Waals surface area contributed by atoms with Crippen LogP contribution in [-0.2, 0) is 0 Å². The Morgan fingerprint density at radius 3 is 2.91 bits per heavy atom. The van der Waals surface area contributed by atoms with Crippen molar-refractivity contribution in [1.29, 1.82) is 0 Å². The minimum atomic E-state index is 0.510. The highest BCUT2D eigenvalue weighted by molar-refractivity contribution is 7.80. The molecule has 0 atom stereocenters. The van der Waals surface area contributed by atoms with Crippen molar-refractivity contribution < 1.29 is 4.74 Å². The van der Waals surface area contributed by atoms with Crippen molar-refractivity contribution in [3.05, 3.63) is 12.1 Å². The summed E-state index contributed by atoms with van der Waals surface area (Å²) in [6.07, 6.45) is 0. The van der Waals surface area contributed by atoms with Crippen LogP contribution in [0.2, 0.25) is 0 Å². The van der Waals surface area contributed by atoms with Crippen LogP contribution in [0.3, 0.4) is 0 Å². The number of thiol groups is 1. The maximum atomic E-state index is 5.49. The zero-order valence-electron chi connectivity index (χ0n) is 6.24. The molecular weight excluding hydrogens is 160 g/mol. The number of nitrogens with zero attached hydrogens (tertiary/aromatic N) is 1. The summed E-state index contributed by atoms with van der Waals surface area (Å²) < 4.78 is 5.13. The van der Waals surface area contributed by atoms with Crippen LogP contribution in [-0.4, -0.2) is 11.6 Å². The van der Waals surface area contributed by atoms with Crippen LogP contribution < -0.4 is 10.5 Å². The lowest BCUT2D eigenvalue weighted by atomic mass is 10.4. The number of aromatic nitrogens is 1. The monoisotopic (exact) mass is 170 g/mol. The molecule has 0 aliphatic carbocycles. The number of anilines is 1. The third kappa shape index (κ3) is 2.01. The van der Waals surface area contributed by atoms with E-state index in [0.717, 1.165) is 0 Å². The molecule has 3 nitrogen and oxygen atoms in total. The molecule has 1 aromatic rings. The van der Waals surface area contributed by atoms with Crippen LogP contribution >= 0.6 is 12.6 Å². The van der Waals surface area contributed by atoms with Gasteiger partial charge in [0.1, 0.15) is 5.03 Å². The second kappa shape index (κ2) is 3.48. The Hall–Kier alpha value is -0.900. The largest absolute Gasteiger partial charge is 0.478 e. The molecule has 11 heavy (non-hydrogen) atoms. The van der Waals surface area contributed by atoms with Gasteiger partial charge in [-0.15, -0.1) is 12.6 Å². The Morgan fingerprint density at radius 1 is 1.64 bits per heavy atom. The van der Waals surface area contributed by atoms with Gasteiger partial charge < -0.3 is 10.5 Å². The second-order valence-electron chi connectivity index (χ2n) is 2.00. The van der Waals surface area contributed by atoms with E-state index < -0.39 is 0 Å². The average Bonchev–Trinajstić information content (AvgIpc) is 1.98. The highest BCUT2D eigenvalue weighted by Crippen LogP contribution is 2.17. The normalized spacial score (nSPS) is 9.64. The topological polar surface area (TPSA) is 48.1 Å². The molecule has 2 N–H and O–H groups in total. The molecule has 1 heterocycles. The lowest BCUT2D eigenvalue weighted by Gasteiger charge is -2.02. The number of hydrogen-bond donors (Lipinski definition) is 2. The number of nitrogens with two attached hydrogens (primary N) is 1. The van der Waals surface area contributed by atoms with E-state index in [-0.39, 0.29) is 0 Å². The molecule has 0 radical (unpaired) electrons. The van der Waals surface area contributed by atoms with Crippen LogP contribution in [0.25, 0.3) is 0 Å². The average molecular weight is 170 g/mol. The molecule has 0 amide bonds. The van der Waals surface area contributed by atoms with E-state index in [1.807, 2.05) is 6.92 Å². The van der Waals surface area contributed by atoms with Gasteiger partial charge in [0.15, 0.2) is 0 Å². The summed E-state index contributed by atoms with van der Waals surface area (Å²) in [7, 11) is 0. The quantitative estimate of drug-likeness (QED) is 0.659. The highest BCUT2D eigenvalue weighted by Gasteiger charge is 1.97. The molecular formula is C7H10N2OS.